The highest BCUT2D eigenvalue weighted by Crippen LogP contribution is 2.02. The van der Waals surface area contributed by atoms with Crippen molar-refractivity contribution in [2.75, 3.05) is 19.8 Å². The fourth-order valence-corrected chi connectivity index (χ4v) is 0.671. The van der Waals surface area contributed by atoms with Gasteiger partial charge in [0.1, 0.15) is 0 Å². The van der Waals surface area contributed by atoms with Gasteiger partial charge < -0.3 is 0 Å². The van der Waals surface area contributed by atoms with Crippen molar-refractivity contribution in [3.63, 3.8) is 0 Å². The van der Waals surface area contributed by atoms with Crippen LogP contribution in [0.4, 0.5) is 0 Å². The van der Waals surface area contributed by atoms with E-state index in [1.54, 1.807) is 0 Å². The van der Waals surface area contributed by atoms with Gasteiger partial charge in [-0.2, -0.15) is 0 Å². The average Bonchev–Trinajstić information content (AvgIpc) is 2.14. The molecule has 0 bridgehead atoms. The van der Waals surface area contributed by atoms with E-state index in [0.717, 1.165) is 5.34 Å². The number of hydrogen-bond acceptors (Lipinski definition) is 5. The van der Waals surface area contributed by atoms with Gasteiger partial charge in [-0.25, -0.2) is 0 Å². The Labute approximate surface area is 79.3 Å². The minimum atomic E-state index is 0.497. The second-order valence-corrected chi connectivity index (χ2v) is 1.98. The van der Waals surface area contributed by atoms with Gasteiger partial charge in [-0.3, -0.25) is 14.5 Å². The van der Waals surface area contributed by atoms with Gasteiger partial charge in [-0.15, -0.1) is 5.17 Å². The largest absolute Gasteiger partial charge is 0.255 e. The monoisotopic (exact) mass is 190 g/mol. The first-order valence-corrected chi connectivity index (χ1v) is 4.40. The molecule has 13 heavy (non-hydrogen) atoms. The van der Waals surface area contributed by atoms with Crippen molar-refractivity contribution in [2.24, 2.45) is 0 Å². The van der Waals surface area contributed by atoms with Crippen LogP contribution >= 0.6 is 0 Å². The average molecular weight is 190 g/mol. The molecular formula is C8H18N2O3. The number of rotatable bonds is 8. The third-order valence-corrected chi connectivity index (χ3v) is 1.06. The van der Waals surface area contributed by atoms with Gasteiger partial charge >= 0.3 is 0 Å². The first-order valence-electron chi connectivity index (χ1n) is 4.40. The molecule has 0 aliphatic carbocycles. The molecule has 0 aromatic carbocycles. The Bertz CT molecular complexity index is 127. The van der Waals surface area contributed by atoms with Crippen LogP contribution in [0.5, 0.6) is 0 Å². The predicted octanol–water partition coefficient (Wildman–Crippen LogP) is 1.50. The van der Waals surface area contributed by atoms with Crippen molar-refractivity contribution in [1.82, 2.24) is 10.5 Å². The Morgan fingerprint density at radius 2 is 1.46 bits per heavy atom. The van der Waals surface area contributed by atoms with Crippen molar-refractivity contribution >= 4 is 0 Å². The molecule has 0 fully saturated rings. The van der Waals surface area contributed by atoms with Crippen LogP contribution in [0.25, 0.3) is 0 Å². The summed E-state index contributed by atoms with van der Waals surface area (Å²) in [6.45, 7) is 10.7. The Morgan fingerprint density at radius 1 is 1.00 bits per heavy atom. The molecule has 0 heterocycles. The topological polar surface area (TPSA) is 34.2 Å². The van der Waals surface area contributed by atoms with E-state index >= 15 is 0 Å². The molecule has 0 spiro atoms. The molecule has 0 unspecified atom stereocenters. The summed E-state index contributed by atoms with van der Waals surface area (Å²) in [5, 5.41) is 2.46. The Balaban J connectivity index is 4.02. The number of hydroxylamine groups is 1. The zero-order chi connectivity index (χ0) is 10.1. The van der Waals surface area contributed by atoms with Crippen molar-refractivity contribution in [3.8, 4) is 0 Å². The first-order chi connectivity index (χ1) is 6.29. The lowest BCUT2D eigenvalue weighted by atomic mass is 10.9. The van der Waals surface area contributed by atoms with Gasteiger partial charge in [0, 0.05) is 6.20 Å². The van der Waals surface area contributed by atoms with E-state index in [0.29, 0.717) is 19.8 Å². The molecule has 0 rings (SSSR count). The summed E-state index contributed by atoms with van der Waals surface area (Å²) in [5.41, 5.74) is 0. The molecule has 0 saturated carbocycles. The Hall–Kier alpha value is -0.620. The molecular weight excluding hydrogens is 172 g/mol. The van der Waals surface area contributed by atoms with Gasteiger partial charge in [0.2, 0.25) is 0 Å². The summed E-state index contributed by atoms with van der Waals surface area (Å²) in [4.78, 5) is 15.4. The van der Waals surface area contributed by atoms with Crippen LogP contribution in [0, 0.1) is 0 Å². The van der Waals surface area contributed by atoms with Gasteiger partial charge in [-0.05, 0) is 20.8 Å². The molecule has 0 saturated heterocycles. The van der Waals surface area contributed by atoms with Crippen LogP contribution in [0.1, 0.15) is 20.8 Å². The molecule has 0 aliphatic rings. The number of hydrazine groups is 1. The summed E-state index contributed by atoms with van der Waals surface area (Å²) >= 11 is 0. The second-order valence-electron chi connectivity index (χ2n) is 1.98. The van der Waals surface area contributed by atoms with Crippen LogP contribution in [0.3, 0.4) is 0 Å². The van der Waals surface area contributed by atoms with E-state index in [1.165, 1.54) is 11.4 Å². The normalized spacial score (nSPS) is 10.5. The maximum atomic E-state index is 5.15. The molecule has 0 aromatic rings. The standard InChI is InChI=1S/C8H18N2O3/c1-5-9(11-6-2)10(12-7-3)13-8-4/h5H,1,6-8H2,2-4H3. The zero-order valence-corrected chi connectivity index (χ0v) is 8.52. The lowest BCUT2D eigenvalue weighted by molar-refractivity contribution is -0.514. The van der Waals surface area contributed by atoms with Crippen molar-refractivity contribution < 1.29 is 14.5 Å². The highest BCUT2D eigenvalue weighted by molar-refractivity contribution is 4.55. The molecule has 0 atom stereocenters. The summed E-state index contributed by atoms with van der Waals surface area (Å²) in [7, 11) is 0. The molecule has 78 valence electrons. The van der Waals surface area contributed by atoms with Crippen LogP contribution in [-0.4, -0.2) is 30.3 Å². The van der Waals surface area contributed by atoms with E-state index in [9.17, 15) is 0 Å². The van der Waals surface area contributed by atoms with Crippen LogP contribution < -0.4 is 0 Å². The Kier molecular flexibility index (Phi) is 7.62. The summed E-state index contributed by atoms with van der Waals surface area (Å²) < 4.78 is 0. The van der Waals surface area contributed by atoms with Crippen LogP contribution in [0.15, 0.2) is 12.8 Å². The number of hydrogen-bond donors (Lipinski definition) is 0. The molecule has 0 aliphatic heterocycles. The third-order valence-electron chi connectivity index (χ3n) is 1.06. The van der Waals surface area contributed by atoms with E-state index in [4.69, 9.17) is 14.5 Å². The summed E-state index contributed by atoms with van der Waals surface area (Å²) in [6, 6.07) is 0. The van der Waals surface area contributed by atoms with Gasteiger partial charge in [-0.1, -0.05) is 6.58 Å². The molecule has 0 amide bonds. The van der Waals surface area contributed by atoms with Gasteiger partial charge in [0.25, 0.3) is 0 Å². The van der Waals surface area contributed by atoms with Gasteiger partial charge in [0.05, 0.1) is 25.2 Å². The van der Waals surface area contributed by atoms with Crippen molar-refractivity contribution in [2.45, 2.75) is 20.8 Å². The van der Waals surface area contributed by atoms with E-state index in [-0.39, 0.29) is 0 Å². The summed E-state index contributed by atoms with van der Waals surface area (Å²) in [6.07, 6.45) is 1.47. The minimum absolute atomic E-state index is 0.497. The highest BCUT2D eigenvalue weighted by atomic mass is 17.0. The Morgan fingerprint density at radius 3 is 1.77 bits per heavy atom. The number of nitrogens with zero attached hydrogens (tertiary/aromatic N) is 2. The molecule has 0 N–H and O–H groups in total. The van der Waals surface area contributed by atoms with E-state index in [1.807, 2.05) is 20.8 Å². The van der Waals surface area contributed by atoms with Crippen molar-refractivity contribution in [3.05, 3.63) is 12.8 Å². The first kappa shape index (κ1) is 12.4. The fourth-order valence-electron chi connectivity index (χ4n) is 0.671. The SMILES string of the molecule is C=CN(OCC)N(OCC)OCC. The maximum absolute atomic E-state index is 5.15. The van der Waals surface area contributed by atoms with Crippen LogP contribution in [-0.2, 0) is 14.5 Å². The second kappa shape index (κ2) is 8.00. The highest BCUT2D eigenvalue weighted by Gasteiger charge is 2.12. The quantitative estimate of drug-likeness (QED) is 0.542. The smallest absolute Gasteiger partial charge is 0.0739 e. The predicted molar refractivity (Wildman–Crippen MR) is 48.8 cm³/mol. The molecule has 5 heteroatoms. The van der Waals surface area contributed by atoms with Crippen molar-refractivity contribution in [1.29, 1.82) is 0 Å². The lowest BCUT2D eigenvalue weighted by Crippen LogP contribution is -2.39. The van der Waals surface area contributed by atoms with E-state index < -0.39 is 0 Å². The summed E-state index contributed by atoms with van der Waals surface area (Å²) in [5.74, 6) is 0. The van der Waals surface area contributed by atoms with E-state index in [2.05, 4.69) is 6.58 Å². The molecule has 0 radical (unpaired) electrons. The minimum Gasteiger partial charge on any atom is -0.255 e. The maximum Gasteiger partial charge on any atom is 0.0739 e. The molecule has 5 nitrogen and oxygen atoms in total. The zero-order valence-electron chi connectivity index (χ0n) is 8.52. The fraction of sp³-hybridized carbons (Fsp3) is 0.750. The third kappa shape index (κ3) is 4.84. The van der Waals surface area contributed by atoms with Crippen LogP contribution in [0.2, 0.25) is 0 Å². The lowest BCUT2D eigenvalue weighted by Gasteiger charge is -2.28. The molecule has 0 aromatic heterocycles. The van der Waals surface area contributed by atoms with Gasteiger partial charge in [0.15, 0.2) is 0 Å².